The Bertz CT molecular complexity index is 2040. The summed E-state index contributed by atoms with van der Waals surface area (Å²) < 4.78 is 13.1. The van der Waals surface area contributed by atoms with Crippen molar-refractivity contribution in [3.05, 3.63) is 115 Å². The van der Waals surface area contributed by atoms with E-state index in [2.05, 4.69) is 10.5 Å². The van der Waals surface area contributed by atoms with Crippen molar-refractivity contribution in [2.75, 3.05) is 14.2 Å². The highest BCUT2D eigenvalue weighted by atomic mass is 32.1. The molecule has 1 aliphatic heterocycles. The fourth-order valence-electron chi connectivity index (χ4n) is 5.22. The fourth-order valence-corrected chi connectivity index (χ4v) is 6.29. The smallest absolute Gasteiger partial charge is 0.332 e. The number of ether oxygens (including phenoxy) is 2. The maximum atomic E-state index is 13.9. The molecule has 1 aliphatic rings. The molecule has 0 bridgehead atoms. The van der Waals surface area contributed by atoms with Crippen molar-refractivity contribution >= 4 is 33.2 Å². The number of aromatic nitrogens is 2. The molecule has 3 aromatic carbocycles. The number of rotatable bonds is 10. The standard InChI is InChI=1S/C33H30N4O7S/c1-4-24-16-27-30(39)36(18-28(38)21-13-22(42-2)15-23(14-21)43-3)33(41)37(31(27)45-24)17-19-9-11-20(12-10-19)25-7-5-6-8-26(25)29-34-32(40)44-35-29/h5-16,32,40H,4,17-18H2,1-3H3,(H,34,35). The maximum Gasteiger partial charge on any atom is 0.332 e. The van der Waals surface area contributed by atoms with Gasteiger partial charge in [0.15, 0.2) is 11.6 Å². The number of aliphatic hydroxyl groups excluding tert-OH is 1. The van der Waals surface area contributed by atoms with Gasteiger partial charge in [-0.2, -0.15) is 0 Å². The van der Waals surface area contributed by atoms with Crippen LogP contribution >= 0.6 is 11.3 Å². The third kappa shape index (κ3) is 5.90. The number of thiophene rings is 1. The molecule has 0 aliphatic carbocycles. The Morgan fingerprint density at radius 2 is 1.67 bits per heavy atom. The highest BCUT2D eigenvalue weighted by Gasteiger charge is 2.21. The summed E-state index contributed by atoms with van der Waals surface area (Å²) in [6, 6.07) is 21.8. The van der Waals surface area contributed by atoms with Crippen LogP contribution in [0.15, 0.2) is 87.4 Å². The SMILES string of the molecule is CCc1cc2c(=O)n(CC(=O)c3cc(OC)cc(OC)c3)c(=O)n(Cc3ccc(-c4ccccc4C4=NC(O)ON4)cc3)c2s1. The van der Waals surface area contributed by atoms with Gasteiger partial charge in [0.25, 0.3) is 12.0 Å². The summed E-state index contributed by atoms with van der Waals surface area (Å²) in [6.45, 7) is 1.74. The van der Waals surface area contributed by atoms with Crippen LogP contribution in [0.2, 0.25) is 0 Å². The molecule has 2 N–H and O–H groups in total. The van der Waals surface area contributed by atoms with E-state index < -0.39 is 30.0 Å². The van der Waals surface area contributed by atoms with Crippen LogP contribution in [0.1, 0.15) is 33.3 Å². The molecule has 1 unspecified atom stereocenters. The molecule has 0 saturated carbocycles. The molecule has 12 heteroatoms. The van der Waals surface area contributed by atoms with Crippen molar-refractivity contribution < 1.29 is 24.2 Å². The topological polar surface area (TPSA) is 133 Å². The summed E-state index contributed by atoms with van der Waals surface area (Å²) in [6.07, 6.45) is -0.570. The van der Waals surface area contributed by atoms with Gasteiger partial charge in [0, 0.05) is 22.1 Å². The van der Waals surface area contributed by atoms with Gasteiger partial charge < -0.3 is 14.6 Å². The molecule has 6 rings (SSSR count). The first-order valence-electron chi connectivity index (χ1n) is 14.2. The van der Waals surface area contributed by atoms with Crippen LogP contribution in [0.3, 0.4) is 0 Å². The minimum Gasteiger partial charge on any atom is -0.497 e. The van der Waals surface area contributed by atoms with Crippen LogP contribution in [0.25, 0.3) is 21.3 Å². The van der Waals surface area contributed by atoms with Gasteiger partial charge in [-0.3, -0.25) is 18.7 Å². The number of aryl methyl sites for hydroxylation is 1. The van der Waals surface area contributed by atoms with Gasteiger partial charge in [0.05, 0.1) is 32.7 Å². The summed E-state index contributed by atoms with van der Waals surface area (Å²) in [5.74, 6) is 0.843. The number of benzene rings is 3. The number of hydrogen-bond donors (Lipinski definition) is 2. The Kier molecular flexibility index (Phi) is 8.35. The van der Waals surface area contributed by atoms with E-state index in [4.69, 9.17) is 14.3 Å². The van der Waals surface area contributed by atoms with Crippen molar-refractivity contribution in [1.82, 2.24) is 14.6 Å². The molecule has 230 valence electrons. The second-order valence-electron chi connectivity index (χ2n) is 10.3. The largest absolute Gasteiger partial charge is 0.497 e. The van der Waals surface area contributed by atoms with E-state index in [1.54, 1.807) is 28.8 Å². The summed E-state index contributed by atoms with van der Waals surface area (Å²) in [7, 11) is 2.96. The lowest BCUT2D eigenvalue weighted by molar-refractivity contribution is -0.102. The van der Waals surface area contributed by atoms with E-state index in [9.17, 15) is 19.5 Å². The molecule has 3 heterocycles. The molecule has 0 saturated heterocycles. The number of hydroxylamine groups is 1. The van der Waals surface area contributed by atoms with E-state index in [0.717, 1.165) is 31.7 Å². The number of nitrogens with one attached hydrogen (secondary N) is 1. The molecular formula is C33H30N4O7S. The van der Waals surface area contributed by atoms with Gasteiger partial charge >= 0.3 is 5.69 Å². The van der Waals surface area contributed by atoms with Gasteiger partial charge in [0.1, 0.15) is 16.3 Å². The van der Waals surface area contributed by atoms with E-state index in [0.29, 0.717) is 34.0 Å². The molecule has 0 amide bonds. The summed E-state index contributed by atoms with van der Waals surface area (Å²) in [4.78, 5) is 51.4. The lowest BCUT2D eigenvalue weighted by atomic mass is 9.98. The third-order valence-electron chi connectivity index (χ3n) is 7.56. The Balaban J connectivity index is 1.36. The number of aliphatic hydroxyl groups is 1. The van der Waals surface area contributed by atoms with E-state index in [1.807, 2.05) is 55.5 Å². The molecule has 5 aromatic rings. The van der Waals surface area contributed by atoms with Crippen molar-refractivity contribution in [1.29, 1.82) is 0 Å². The second-order valence-corrected chi connectivity index (χ2v) is 11.5. The molecule has 45 heavy (non-hydrogen) atoms. The highest BCUT2D eigenvalue weighted by Crippen LogP contribution is 2.27. The van der Waals surface area contributed by atoms with Gasteiger partial charge in [-0.05, 0) is 41.3 Å². The number of Topliss-reactive ketones (excluding diaryl/α,β-unsaturated/α-hetero) is 1. The van der Waals surface area contributed by atoms with E-state index in [-0.39, 0.29) is 12.1 Å². The second kappa shape index (κ2) is 12.5. The molecule has 1 atom stereocenters. The van der Waals surface area contributed by atoms with Crippen LogP contribution in [0.4, 0.5) is 0 Å². The van der Waals surface area contributed by atoms with Crippen LogP contribution in [-0.4, -0.2) is 46.5 Å². The fraction of sp³-hybridized carbons (Fsp3) is 0.212. The Labute approximate surface area is 261 Å². The number of methoxy groups -OCH3 is 2. The zero-order chi connectivity index (χ0) is 31.7. The summed E-state index contributed by atoms with van der Waals surface area (Å²) in [5.41, 5.74) is 5.20. The Morgan fingerprint density at radius 1 is 0.978 bits per heavy atom. The van der Waals surface area contributed by atoms with Gasteiger partial charge in [-0.1, -0.05) is 55.5 Å². The van der Waals surface area contributed by atoms with Crippen LogP contribution in [0, 0.1) is 0 Å². The molecule has 2 aromatic heterocycles. The van der Waals surface area contributed by atoms with Gasteiger partial charge in [-0.15, -0.1) is 11.3 Å². The number of carbonyl (C=O) groups is 1. The Hall–Kier alpha value is -5.04. The molecule has 0 fully saturated rings. The normalized spacial score (nSPS) is 14.3. The van der Waals surface area contributed by atoms with Crippen molar-refractivity contribution in [2.45, 2.75) is 32.8 Å². The molecule has 11 nitrogen and oxygen atoms in total. The number of carbonyl (C=O) groups excluding carboxylic acids is 1. The number of nitrogens with zero attached hydrogens (tertiary/aromatic N) is 3. The average Bonchev–Trinajstić information content (AvgIpc) is 3.71. The number of hydrogen-bond acceptors (Lipinski definition) is 10. The summed E-state index contributed by atoms with van der Waals surface area (Å²) in [5, 5.41) is 10.0. The van der Waals surface area contributed by atoms with E-state index in [1.165, 1.54) is 25.6 Å². The van der Waals surface area contributed by atoms with Crippen molar-refractivity contribution in [2.24, 2.45) is 4.99 Å². The highest BCUT2D eigenvalue weighted by molar-refractivity contribution is 7.18. The third-order valence-corrected chi connectivity index (χ3v) is 8.86. The molecule has 0 spiro atoms. The number of fused-ring (bicyclic) bond motifs is 1. The minimum absolute atomic E-state index is 0.191. The van der Waals surface area contributed by atoms with Crippen LogP contribution in [-0.2, 0) is 24.3 Å². The maximum absolute atomic E-state index is 13.9. The van der Waals surface area contributed by atoms with E-state index >= 15 is 0 Å². The number of ketones is 1. The van der Waals surface area contributed by atoms with Crippen molar-refractivity contribution in [3.63, 3.8) is 0 Å². The van der Waals surface area contributed by atoms with Crippen LogP contribution < -0.4 is 26.2 Å². The number of amidine groups is 1. The van der Waals surface area contributed by atoms with Gasteiger partial charge in [0.2, 0.25) is 0 Å². The molecule has 0 radical (unpaired) electrons. The zero-order valence-electron chi connectivity index (χ0n) is 24.8. The van der Waals surface area contributed by atoms with Gasteiger partial charge in [-0.25, -0.2) is 20.1 Å². The average molecular weight is 627 g/mol. The monoisotopic (exact) mass is 626 g/mol. The Morgan fingerprint density at radius 3 is 2.29 bits per heavy atom. The first-order valence-corrected chi connectivity index (χ1v) is 15.0. The van der Waals surface area contributed by atoms with Crippen molar-refractivity contribution in [3.8, 4) is 22.6 Å². The quantitative estimate of drug-likeness (QED) is 0.223. The zero-order valence-corrected chi connectivity index (χ0v) is 25.6. The first-order chi connectivity index (χ1) is 21.8. The number of aliphatic imine (C=N–C) groups is 1. The predicted molar refractivity (Wildman–Crippen MR) is 171 cm³/mol. The summed E-state index contributed by atoms with van der Waals surface area (Å²) >= 11 is 1.40. The van der Waals surface area contributed by atoms with Crippen LogP contribution in [0.5, 0.6) is 11.5 Å². The minimum atomic E-state index is -1.27. The first kappa shape index (κ1) is 30.0. The lowest BCUT2D eigenvalue weighted by Crippen LogP contribution is -2.41. The predicted octanol–water partition coefficient (Wildman–Crippen LogP) is 3.96. The molecular weight excluding hydrogens is 596 g/mol. The lowest BCUT2D eigenvalue weighted by Gasteiger charge is -2.13.